The number of alkyl halides is 3. The lowest BCUT2D eigenvalue weighted by Crippen LogP contribution is -2.47. The highest BCUT2D eigenvalue weighted by Gasteiger charge is 2.35. The van der Waals surface area contributed by atoms with Gasteiger partial charge in [0.25, 0.3) is 11.8 Å². The van der Waals surface area contributed by atoms with Crippen molar-refractivity contribution in [2.45, 2.75) is 70.7 Å². The molecule has 2 amide bonds. The number of benzene rings is 3. The summed E-state index contributed by atoms with van der Waals surface area (Å²) in [4.78, 5) is 33.3. The topological polar surface area (TPSA) is 117 Å². The van der Waals surface area contributed by atoms with E-state index in [9.17, 15) is 27.9 Å². The van der Waals surface area contributed by atoms with Gasteiger partial charge in [-0.2, -0.15) is 0 Å². The maximum atomic E-state index is 13.6. The van der Waals surface area contributed by atoms with Gasteiger partial charge in [-0.05, 0) is 80.6 Å². The minimum atomic E-state index is -4.82. The van der Waals surface area contributed by atoms with E-state index in [1.165, 1.54) is 18.2 Å². The molecule has 0 saturated carbocycles. The van der Waals surface area contributed by atoms with Crippen molar-refractivity contribution in [1.29, 1.82) is 0 Å². The summed E-state index contributed by atoms with van der Waals surface area (Å²) in [5.74, 6) is -0.560. The van der Waals surface area contributed by atoms with E-state index in [1.54, 1.807) is 61.4 Å². The zero-order valence-corrected chi connectivity index (χ0v) is 26.3. The Hall–Kier alpha value is -4.68. The molecule has 47 heavy (non-hydrogen) atoms. The van der Waals surface area contributed by atoms with Gasteiger partial charge in [-0.25, -0.2) is 4.98 Å². The molecule has 1 fully saturated rings. The average molecular weight is 651 g/mol. The standard InChI is InChI=1S/C35H37F3N4O5/c1-21-15-26(18-27(16-21)34(45)42-14-8-13-29(42)33-40-22(2)20-46-33)32(44)41-23(3)31(43)30(25-10-5-4-6-11-25)39-19-24-9-7-12-28(17-24)47-35(36,37)38/h4-7,9-12,15-18,20,23,29-31,39,43H,8,13-14,19H2,1-3H3,(H,41,44). The average Bonchev–Trinajstić information content (AvgIpc) is 3.69. The fourth-order valence-electron chi connectivity index (χ4n) is 5.84. The lowest BCUT2D eigenvalue weighted by Gasteiger charge is -2.30. The number of carbonyl (C=O) groups excluding carboxylic acids is 2. The van der Waals surface area contributed by atoms with Crippen LogP contribution in [0.3, 0.4) is 0 Å². The summed E-state index contributed by atoms with van der Waals surface area (Å²) in [5.41, 5.74) is 3.30. The summed E-state index contributed by atoms with van der Waals surface area (Å²) in [6.45, 7) is 5.94. The number of nitrogens with one attached hydrogen (secondary N) is 2. The highest BCUT2D eigenvalue weighted by Crippen LogP contribution is 2.33. The second-order valence-corrected chi connectivity index (χ2v) is 11.8. The molecule has 3 N–H and O–H groups in total. The van der Waals surface area contributed by atoms with Crippen molar-refractivity contribution in [1.82, 2.24) is 20.5 Å². The molecule has 0 aliphatic carbocycles. The highest BCUT2D eigenvalue weighted by atomic mass is 19.4. The second kappa shape index (κ2) is 14.4. The number of rotatable bonds is 11. The van der Waals surface area contributed by atoms with Crippen molar-refractivity contribution in [3.8, 4) is 5.75 Å². The molecule has 5 rings (SSSR count). The molecule has 4 aromatic rings. The van der Waals surface area contributed by atoms with Gasteiger partial charge in [-0.3, -0.25) is 9.59 Å². The van der Waals surface area contributed by atoms with E-state index < -0.39 is 30.5 Å². The summed E-state index contributed by atoms with van der Waals surface area (Å²) in [6.07, 6.45) is -2.87. The number of hydrogen-bond acceptors (Lipinski definition) is 7. The van der Waals surface area contributed by atoms with Crippen molar-refractivity contribution in [3.05, 3.63) is 118 Å². The van der Waals surface area contributed by atoms with Crippen molar-refractivity contribution in [2.24, 2.45) is 0 Å². The van der Waals surface area contributed by atoms with Gasteiger partial charge < -0.3 is 29.8 Å². The second-order valence-electron chi connectivity index (χ2n) is 11.8. The smallest absolute Gasteiger partial charge is 0.446 e. The summed E-state index contributed by atoms with van der Waals surface area (Å²) >= 11 is 0. The number of nitrogens with zero attached hydrogens (tertiary/aromatic N) is 2. The summed E-state index contributed by atoms with van der Waals surface area (Å²) in [5, 5.41) is 17.5. The molecule has 1 aliphatic rings. The van der Waals surface area contributed by atoms with Crippen LogP contribution < -0.4 is 15.4 Å². The molecule has 0 bridgehead atoms. The largest absolute Gasteiger partial charge is 0.573 e. The first-order valence-corrected chi connectivity index (χ1v) is 15.3. The quantitative estimate of drug-likeness (QED) is 0.178. The predicted molar refractivity (Wildman–Crippen MR) is 168 cm³/mol. The summed E-state index contributed by atoms with van der Waals surface area (Å²) < 4.78 is 47.8. The van der Waals surface area contributed by atoms with Gasteiger partial charge in [-0.15, -0.1) is 13.2 Å². The number of likely N-dealkylation sites (tertiary alicyclic amines) is 1. The van der Waals surface area contributed by atoms with E-state index in [0.29, 0.717) is 29.1 Å². The number of aromatic nitrogens is 1. The zero-order chi connectivity index (χ0) is 33.7. The molecular formula is C35H37F3N4O5. The Morgan fingerprint density at radius 1 is 1.06 bits per heavy atom. The molecule has 1 saturated heterocycles. The van der Waals surface area contributed by atoms with Gasteiger partial charge in [0.1, 0.15) is 18.1 Å². The monoisotopic (exact) mass is 650 g/mol. The van der Waals surface area contributed by atoms with Crippen LogP contribution in [0.5, 0.6) is 5.75 Å². The third kappa shape index (κ3) is 8.57. The van der Waals surface area contributed by atoms with Crippen LogP contribution in [0, 0.1) is 13.8 Å². The van der Waals surface area contributed by atoms with Crippen molar-refractivity contribution in [3.63, 3.8) is 0 Å². The van der Waals surface area contributed by atoms with Crippen LogP contribution in [0.1, 0.15) is 80.8 Å². The number of aliphatic hydroxyl groups is 1. The fourth-order valence-corrected chi connectivity index (χ4v) is 5.84. The lowest BCUT2D eigenvalue weighted by molar-refractivity contribution is -0.274. The first kappa shape index (κ1) is 33.7. The van der Waals surface area contributed by atoms with Crippen LogP contribution in [0.25, 0.3) is 0 Å². The molecule has 0 radical (unpaired) electrons. The molecule has 2 heterocycles. The van der Waals surface area contributed by atoms with Gasteiger partial charge in [0, 0.05) is 24.2 Å². The molecule has 3 aromatic carbocycles. The van der Waals surface area contributed by atoms with E-state index in [-0.39, 0.29) is 29.8 Å². The normalized spacial score (nSPS) is 16.8. The van der Waals surface area contributed by atoms with Crippen LogP contribution in [0.15, 0.2) is 83.5 Å². The van der Waals surface area contributed by atoms with Gasteiger partial charge in [-0.1, -0.05) is 42.5 Å². The van der Waals surface area contributed by atoms with Crippen LogP contribution in [0.2, 0.25) is 0 Å². The Bertz CT molecular complexity index is 1690. The number of aliphatic hydroxyl groups excluding tert-OH is 1. The molecule has 12 heteroatoms. The number of aryl methyl sites for hydroxylation is 2. The van der Waals surface area contributed by atoms with Crippen molar-refractivity contribution in [2.75, 3.05) is 6.54 Å². The minimum absolute atomic E-state index is 0.111. The van der Waals surface area contributed by atoms with Crippen LogP contribution in [-0.4, -0.2) is 51.9 Å². The molecule has 9 nitrogen and oxygen atoms in total. The Kier molecular flexibility index (Phi) is 10.3. The number of hydrogen-bond donors (Lipinski definition) is 3. The van der Waals surface area contributed by atoms with Gasteiger partial charge >= 0.3 is 6.36 Å². The summed E-state index contributed by atoms with van der Waals surface area (Å²) in [6, 6.07) is 17.8. The maximum Gasteiger partial charge on any atom is 0.573 e. The Morgan fingerprint density at radius 3 is 2.51 bits per heavy atom. The number of carbonyl (C=O) groups is 2. The van der Waals surface area contributed by atoms with E-state index >= 15 is 0 Å². The molecule has 1 aromatic heterocycles. The first-order valence-electron chi connectivity index (χ1n) is 15.3. The lowest BCUT2D eigenvalue weighted by atomic mass is 9.96. The van der Waals surface area contributed by atoms with Crippen molar-refractivity contribution >= 4 is 11.8 Å². The maximum absolute atomic E-state index is 13.6. The van der Waals surface area contributed by atoms with E-state index in [2.05, 4.69) is 20.4 Å². The first-order chi connectivity index (χ1) is 22.4. The van der Waals surface area contributed by atoms with E-state index in [0.717, 1.165) is 24.1 Å². The van der Waals surface area contributed by atoms with Gasteiger partial charge in [0.2, 0.25) is 5.89 Å². The molecule has 4 atom stereocenters. The Balaban J connectivity index is 1.29. The van der Waals surface area contributed by atoms with Crippen LogP contribution in [0.4, 0.5) is 13.2 Å². The Labute approximate surface area is 270 Å². The number of ether oxygens (including phenoxy) is 1. The minimum Gasteiger partial charge on any atom is -0.446 e. The van der Waals surface area contributed by atoms with Gasteiger partial charge in [0.05, 0.1) is 23.9 Å². The van der Waals surface area contributed by atoms with Crippen LogP contribution >= 0.6 is 0 Å². The third-order valence-corrected chi connectivity index (χ3v) is 8.05. The third-order valence-electron chi connectivity index (χ3n) is 8.05. The predicted octanol–water partition coefficient (Wildman–Crippen LogP) is 6.18. The molecule has 248 valence electrons. The van der Waals surface area contributed by atoms with Crippen LogP contribution in [-0.2, 0) is 6.54 Å². The number of halogens is 3. The van der Waals surface area contributed by atoms with Gasteiger partial charge in [0.15, 0.2) is 0 Å². The molecule has 4 unspecified atom stereocenters. The highest BCUT2D eigenvalue weighted by molar-refractivity contribution is 6.00. The fraction of sp³-hybridized carbons (Fsp3) is 0.343. The zero-order valence-electron chi connectivity index (χ0n) is 26.3. The molecule has 0 spiro atoms. The van der Waals surface area contributed by atoms with Crippen molar-refractivity contribution < 1.29 is 37.0 Å². The molecular weight excluding hydrogens is 613 g/mol. The Morgan fingerprint density at radius 2 is 1.81 bits per heavy atom. The number of amides is 2. The van der Waals surface area contributed by atoms with E-state index in [4.69, 9.17) is 4.42 Å². The molecule has 1 aliphatic heterocycles. The summed E-state index contributed by atoms with van der Waals surface area (Å²) in [7, 11) is 0. The SMILES string of the molecule is Cc1cc(C(=O)NC(C)C(O)C(NCc2cccc(OC(F)(F)F)c2)c2ccccc2)cc(C(=O)N2CCCC2c2nc(C)co2)c1. The number of oxazole rings is 1. The van der Waals surface area contributed by atoms with E-state index in [1.807, 2.05) is 25.1 Å².